The van der Waals surface area contributed by atoms with E-state index in [2.05, 4.69) is 10.3 Å². The molecular formula is C12H16F3N3. The predicted molar refractivity (Wildman–Crippen MR) is 63.4 cm³/mol. The summed E-state index contributed by atoms with van der Waals surface area (Å²) >= 11 is 0. The maximum Gasteiger partial charge on any atom is 0.405 e. The van der Waals surface area contributed by atoms with Crippen molar-refractivity contribution in [2.75, 3.05) is 18.5 Å². The zero-order chi connectivity index (χ0) is 13.2. The van der Waals surface area contributed by atoms with Crippen LogP contribution >= 0.6 is 0 Å². The van der Waals surface area contributed by atoms with Crippen molar-refractivity contribution in [1.82, 2.24) is 10.3 Å². The standard InChI is InChI=1S/C12H16F3N3/c1-16-7-9-3-2-6-17-11(9)18(10-4-5-10)8-12(13,14)15/h2-3,6,10,16H,4-5,7-8H2,1H3. The Kier molecular flexibility index (Phi) is 3.75. The van der Waals surface area contributed by atoms with Gasteiger partial charge in [-0.3, -0.25) is 0 Å². The Morgan fingerprint density at radius 1 is 1.44 bits per heavy atom. The fraction of sp³-hybridized carbons (Fsp3) is 0.583. The number of alkyl halides is 3. The van der Waals surface area contributed by atoms with Crippen molar-refractivity contribution in [1.29, 1.82) is 0 Å². The maximum atomic E-state index is 12.6. The highest BCUT2D eigenvalue weighted by atomic mass is 19.4. The molecule has 1 aromatic rings. The van der Waals surface area contributed by atoms with Gasteiger partial charge in [0.2, 0.25) is 0 Å². The van der Waals surface area contributed by atoms with Crippen LogP contribution in [0.4, 0.5) is 19.0 Å². The van der Waals surface area contributed by atoms with Crippen molar-refractivity contribution < 1.29 is 13.2 Å². The first kappa shape index (κ1) is 13.1. The highest BCUT2D eigenvalue weighted by Crippen LogP contribution is 2.34. The lowest BCUT2D eigenvalue weighted by atomic mass is 10.2. The molecule has 0 unspecified atom stereocenters. The Morgan fingerprint density at radius 3 is 2.72 bits per heavy atom. The van der Waals surface area contributed by atoms with E-state index >= 15 is 0 Å². The summed E-state index contributed by atoms with van der Waals surface area (Å²) in [4.78, 5) is 5.51. The van der Waals surface area contributed by atoms with Crippen LogP contribution in [0, 0.1) is 0 Å². The molecule has 1 saturated carbocycles. The number of halogens is 3. The Morgan fingerprint density at radius 2 is 2.17 bits per heavy atom. The summed E-state index contributed by atoms with van der Waals surface area (Å²) in [6.07, 6.45) is -1.03. The summed E-state index contributed by atoms with van der Waals surface area (Å²) in [7, 11) is 1.77. The topological polar surface area (TPSA) is 28.2 Å². The van der Waals surface area contributed by atoms with E-state index < -0.39 is 12.7 Å². The number of hydrogen-bond donors (Lipinski definition) is 1. The van der Waals surface area contributed by atoms with Crippen molar-refractivity contribution in [2.24, 2.45) is 0 Å². The Hall–Kier alpha value is -1.30. The lowest BCUT2D eigenvalue weighted by Crippen LogP contribution is -2.37. The summed E-state index contributed by atoms with van der Waals surface area (Å²) in [5.41, 5.74) is 0.802. The summed E-state index contributed by atoms with van der Waals surface area (Å²) < 4.78 is 37.8. The van der Waals surface area contributed by atoms with Crippen molar-refractivity contribution in [3.8, 4) is 0 Å². The van der Waals surface area contributed by atoms with Crippen LogP contribution in [0.15, 0.2) is 18.3 Å². The van der Waals surface area contributed by atoms with E-state index in [9.17, 15) is 13.2 Å². The minimum absolute atomic E-state index is 0.0165. The molecule has 3 nitrogen and oxygen atoms in total. The quantitative estimate of drug-likeness (QED) is 0.879. The Labute approximate surface area is 104 Å². The van der Waals surface area contributed by atoms with Crippen LogP contribution in [0.5, 0.6) is 0 Å². The van der Waals surface area contributed by atoms with Gasteiger partial charge in [0.1, 0.15) is 12.4 Å². The third-order valence-corrected chi connectivity index (χ3v) is 2.84. The molecule has 0 spiro atoms. The van der Waals surface area contributed by atoms with Crippen molar-refractivity contribution >= 4 is 5.82 Å². The largest absolute Gasteiger partial charge is 0.405 e. The highest BCUT2D eigenvalue weighted by Gasteiger charge is 2.39. The van der Waals surface area contributed by atoms with Gasteiger partial charge in [0.15, 0.2) is 0 Å². The van der Waals surface area contributed by atoms with E-state index in [4.69, 9.17) is 0 Å². The number of anilines is 1. The van der Waals surface area contributed by atoms with Gasteiger partial charge in [-0.05, 0) is 26.0 Å². The summed E-state index contributed by atoms with van der Waals surface area (Å²) in [6, 6.07) is 3.54. The van der Waals surface area contributed by atoms with E-state index in [0.717, 1.165) is 18.4 Å². The first-order valence-electron chi connectivity index (χ1n) is 5.93. The van der Waals surface area contributed by atoms with Gasteiger partial charge in [-0.2, -0.15) is 13.2 Å². The first-order valence-corrected chi connectivity index (χ1v) is 5.93. The molecule has 0 amide bonds. The molecule has 0 aliphatic heterocycles. The second kappa shape index (κ2) is 5.14. The SMILES string of the molecule is CNCc1cccnc1N(CC(F)(F)F)C1CC1. The van der Waals surface area contributed by atoms with Gasteiger partial charge < -0.3 is 10.2 Å². The van der Waals surface area contributed by atoms with Crippen LogP contribution in [0.3, 0.4) is 0 Å². The fourth-order valence-electron chi connectivity index (χ4n) is 1.97. The summed E-state index contributed by atoms with van der Waals surface area (Å²) in [6.45, 7) is -0.407. The number of nitrogens with one attached hydrogen (secondary N) is 1. The van der Waals surface area contributed by atoms with Crippen LogP contribution in [-0.2, 0) is 6.54 Å². The number of hydrogen-bond acceptors (Lipinski definition) is 3. The van der Waals surface area contributed by atoms with Gasteiger partial charge in [0, 0.05) is 24.3 Å². The summed E-state index contributed by atoms with van der Waals surface area (Å²) in [5, 5.41) is 2.95. The molecule has 1 aliphatic rings. The third kappa shape index (κ3) is 3.35. The number of pyridine rings is 1. The zero-order valence-corrected chi connectivity index (χ0v) is 10.2. The Balaban J connectivity index is 2.24. The van der Waals surface area contributed by atoms with Gasteiger partial charge in [-0.1, -0.05) is 6.07 Å². The van der Waals surface area contributed by atoms with E-state index in [1.165, 1.54) is 4.90 Å². The lowest BCUT2D eigenvalue weighted by molar-refractivity contribution is -0.120. The number of nitrogens with zero attached hydrogens (tertiary/aromatic N) is 2. The normalized spacial score (nSPS) is 15.8. The molecule has 0 bridgehead atoms. The maximum absolute atomic E-state index is 12.6. The number of rotatable bonds is 5. The molecule has 100 valence electrons. The van der Waals surface area contributed by atoms with Gasteiger partial charge in [-0.15, -0.1) is 0 Å². The molecule has 18 heavy (non-hydrogen) atoms. The minimum atomic E-state index is -4.20. The van der Waals surface area contributed by atoms with Crippen LogP contribution in [0.1, 0.15) is 18.4 Å². The lowest BCUT2D eigenvalue weighted by Gasteiger charge is -2.26. The molecule has 0 radical (unpaired) electrons. The van der Waals surface area contributed by atoms with Crippen LogP contribution in [0.2, 0.25) is 0 Å². The van der Waals surface area contributed by atoms with E-state index in [1.54, 1.807) is 19.3 Å². The molecular weight excluding hydrogens is 243 g/mol. The third-order valence-electron chi connectivity index (χ3n) is 2.84. The molecule has 0 saturated heterocycles. The first-order chi connectivity index (χ1) is 8.51. The van der Waals surface area contributed by atoms with Gasteiger partial charge in [0.05, 0.1) is 0 Å². The molecule has 0 aromatic carbocycles. The summed E-state index contributed by atoms with van der Waals surface area (Å²) in [5.74, 6) is 0.451. The smallest absolute Gasteiger partial charge is 0.344 e. The molecule has 1 aromatic heterocycles. The molecule has 6 heteroatoms. The molecule has 1 aliphatic carbocycles. The monoisotopic (exact) mass is 259 g/mol. The zero-order valence-electron chi connectivity index (χ0n) is 10.2. The average molecular weight is 259 g/mol. The van der Waals surface area contributed by atoms with Gasteiger partial charge >= 0.3 is 6.18 Å². The second-order valence-corrected chi connectivity index (χ2v) is 4.49. The van der Waals surface area contributed by atoms with Gasteiger partial charge in [-0.25, -0.2) is 4.98 Å². The van der Waals surface area contributed by atoms with Gasteiger partial charge in [0.25, 0.3) is 0 Å². The average Bonchev–Trinajstić information content (AvgIpc) is 3.10. The predicted octanol–water partition coefficient (Wildman–Crippen LogP) is 2.33. The molecule has 0 atom stereocenters. The van der Waals surface area contributed by atoms with E-state index in [1.807, 2.05) is 6.07 Å². The molecule has 1 N–H and O–H groups in total. The van der Waals surface area contributed by atoms with Crippen LogP contribution < -0.4 is 10.2 Å². The fourth-order valence-corrected chi connectivity index (χ4v) is 1.97. The second-order valence-electron chi connectivity index (χ2n) is 4.49. The Bertz CT molecular complexity index is 402. The van der Waals surface area contributed by atoms with Crippen molar-refractivity contribution in [3.63, 3.8) is 0 Å². The minimum Gasteiger partial charge on any atom is -0.344 e. The van der Waals surface area contributed by atoms with E-state index in [0.29, 0.717) is 12.4 Å². The van der Waals surface area contributed by atoms with E-state index in [-0.39, 0.29) is 6.04 Å². The van der Waals surface area contributed by atoms with Crippen LogP contribution in [0.25, 0.3) is 0 Å². The molecule has 1 heterocycles. The number of aromatic nitrogens is 1. The van der Waals surface area contributed by atoms with Crippen LogP contribution in [-0.4, -0.2) is 30.8 Å². The molecule has 1 fully saturated rings. The highest BCUT2D eigenvalue weighted by molar-refractivity contribution is 5.49. The van der Waals surface area contributed by atoms with Crippen molar-refractivity contribution in [3.05, 3.63) is 23.9 Å². The van der Waals surface area contributed by atoms with Crippen molar-refractivity contribution in [2.45, 2.75) is 31.6 Å². The molecule has 2 rings (SSSR count).